The summed E-state index contributed by atoms with van der Waals surface area (Å²) in [7, 11) is 0. The highest BCUT2D eigenvalue weighted by Crippen LogP contribution is 2.26. The van der Waals surface area contributed by atoms with Crippen LogP contribution in [0.3, 0.4) is 0 Å². The van der Waals surface area contributed by atoms with Crippen molar-refractivity contribution in [2.24, 2.45) is 5.92 Å². The average Bonchev–Trinajstić information content (AvgIpc) is 2.90. The van der Waals surface area contributed by atoms with Crippen molar-refractivity contribution < 1.29 is 9.53 Å². The summed E-state index contributed by atoms with van der Waals surface area (Å²) in [5.41, 5.74) is 1.29. The maximum atomic E-state index is 12.5. The Morgan fingerprint density at radius 1 is 1.41 bits per heavy atom. The summed E-state index contributed by atoms with van der Waals surface area (Å²) in [4.78, 5) is 14.6. The van der Waals surface area contributed by atoms with Gasteiger partial charge < -0.3 is 10.1 Å². The van der Waals surface area contributed by atoms with E-state index in [1.165, 1.54) is 10.4 Å². The van der Waals surface area contributed by atoms with Crippen molar-refractivity contribution in [2.75, 3.05) is 6.61 Å². The van der Waals surface area contributed by atoms with Crippen LogP contribution in [0.15, 0.2) is 6.07 Å². The Hall–Kier alpha value is -0.870. The van der Waals surface area contributed by atoms with Gasteiger partial charge in [0.2, 0.25) is 0 Å². The Bertz CT molecular complexity index is 493. The van der Waals surface area contributed by atoms with Gasteiger partial charge in [-0.1, -0.05) is 33.6 Å². The smallest absolute Gasteiger partial charge is 0.261 e. The monoisotopic (exact) mass is 323 g/mol. The van der Waals surface area contributed by atoms with Gasteiger partial charge in [-0.25, -0.2) is 0 Å². The van der Waals surface area contributed by atoms with Crippen LogP contribution in [0, 0.1) is 12.8 Å². The minimum absolute atomic E-state index is 0.0861. The van der Waals surface area contributed by atoms with Gasteiger partial charge in [0.25, 0.3) is 5.91 Å². The summed E-state index contributed by atoms with van der Waals surface area (Å²) in [5, 5.41) is 3.22. The zero-order chi connectivity index (χ0) is 16.1. The third kappa shape index (κ3) is 4.11. The van der Waals surface area contributed by atoms with E-state index in [-0.39, 0.29) is 11.9 Å². The Balaban J connectivity index is 1.95. The Kier molecular flexibility index (Phi) is 6.45. The van der Waals surface area contributed by atoms with E-state index in [0.29, 0.717) is 12.0 Å². The molecule has 0 spiro atoms. The van der Waals surface area contributed by atoms with E-state index in [1.807, 2.05) is 6.07 Å². The predicted molar refractivity (Wildman–Crippen MR) is 92.7 cm³/mol. The predicted octanol–water partition coefficient (Wildman–Crippen LogP) is 4.33. The standard InChI is InChI=1S/C18H29NO2S/c1-5-13(6-2)16-11-15(8-9-21-16)19-18(20)17-10-14(7-3)12(4)22-17/h10,13,15-16H,5-9,11H2,1-4H3,(H,19,20)/t15-,16+/m0/s1. The average molecular weight is 324 g/mol. The molecule has 22 heavy (non-hydrogen) atoms. The molecule has 0 aliphatic carbocycles. The molecule has 1 aromatic rings. The Labute approximate surface area is 138 Å². The first-order valence-electron chi connectivity index (χ1n) is 8.60. The van der Waals surface area contributed by atoms with E-state index in [0.717, 1.165) is 43.6 Å². The summed E-state index contributed by atoms with van der Waals surface area (Å²) in [6, 6.07) is 2.30. The molecule has 124 valence electrons. The van der Waals surface area contributed by atoms with Gasteiger partial charge >= 0.3 is 0 Å². The topological polar surface area (TPSA) is 38.3 Å². The molecule has 2 heterocycles. The number of thiophene rings is 1. The van der Waals surface area contributed by atoms with E-state index in [9.17, 15) is 4.79 Å². The van der Waals surface area contributed by atoms with Crippen molar-refractivity contribution in [3.8, 4) is 0 Å². The van der Waals surface area contributed by atoms with E-state index < -0.39 is 0 Å². The number of hydrogen-bond acceptors (Lipinski definition) is 3. The number of ether oxygens (including phenoxy) is 1. The van der Waals surface area contributed by atoms with Crippen LogP contribution in [0.2, 0.25) is 0 Å². The van der Waals surface area contributed by atoms with Gasteiger partial charge in [-0.15, -0.1) is 11.3 Å². The van der Waals surface area contributed by atoms with Gasteiger partial charge in [0, 0.05) is 17.5 Å². The van der Waals surface area contributed by atoms with E-state index in [2.05, 4.69) is 33.0 Å². The highest BCUT2D eigenvalue weighted by atomic mass is 32.1. The van der Waals surface area contributed by atoms with Crippen molar-refractivity contribution >= 4 is 17.2 Å². The zero-order valence-corrected chi connectivity index (χ0v) is 15.1. The fraction of sp³-hybridized carbons (Fsp3) is 0.722. The molecule has 1 amide bonds. The molecule has 0 radical (unpaired) electrons. The van der Waals surface area contributed by atoms with Crippen LogP contribution in [0.1, 0.15) is 66.6 Å². The first-order chi connectivity index (χ1) is 10.6. The third-order valence-corrected chi connectivity index (χ3v) is 5.94. The highest BCUT2D eigenvalue weighted by molar-refractivity contribution is 7.14. The van der Waals surface area contributed by atoms with Crippen molar-refractivity contribution in [3.05, 3.63) is 21.4 Å². The SMILES string of the molecule is CCc1cc(C(=O)N[C@H]2CCO[C@@H](C(CC)CC)C2)sc1C. The molecular formula is C18H29NO2S. The largest absolute Gasteiger partial charge is 0.378 e. The lowest BCUT2D eigenvalue weighted by Crippen LogP contribution is -2.43. The number of hydrogen-bond donors (Lipinski definition) is 1. The highest BCUT2D eigenvalue weighted by Gasteiger charge is 2.28. The first-order valence-corrected chi connectivity index (χ1v) is 9.42. The number of carbonyl (C=O) groups is 1. The van der Waals surface area contributed by atoms with Crippen molar-refractivity contribution in [2.45, 2.75) is 71.9 Å². The number of carbonyl (C=O) groups excluding carboxylic acids is 1. The Morgan fingerprint density at radius 2 is 2.14 bits per heavy atom. The van der Waals surface area contributed by atoms with Crippen molar-refractivity contribution in [1.82, 2.24) is 5.32 Å². The summed E-state index contributed by atoms with van der Waals surface area (Å²) >= 11 is 1.61. The molecule has 2 atom stereocenters. The van der Waals surface area contributed by atoms with Crippen LogP contribution in [0.4, 0.5) is 0 Å². The van der Waals surface area contributed by atoms with Crippen molar-refractivity contribution in [1.29, 1.82) is 0 Å². The molecular weight excluding hydrogens is 294 g/mol. The molecule has 1 N–H and O–H groups in total. The third-order valence-electron chi connectivity index (χ3n) is 4.85. The number of amides is 1. The van der Waals surface area contributed by atoms with Gasteiger partial charge in [0.05, 0.1) is 11.0 Å². The molecule has 3 nitrogen and oxygen atoms in total. The summed E-state index contributed by atoms with van der Waals surface area (Å²) in [6.45, 7) is 9.43. The van der Waals surface area contributed by atoms with Gasteiger partial charge in [-0.3, -0.25) is 4.79 Å². The second-order valence-electron chi connectivity index (χ2n) is 6.23. The second kappa shape index (κ2) is 8.11. The van der Waals surface area contributed by atoms with Gasteiger partial charge in [-0.05, 0) is 43.7 Å². The molecule has 1 saturated heterocycles. The first kappa shape index (κ1) is 17.5. The fourth-order valence-electron chi connectivity index (χ4n) is 3.34. The van der Waals surface area contributed by atoms with Crippen LogP contribution < -0.4 is 5.32 Å². The van der Waals surface area contributed by atoms with Crippen LogP contribution in [0.5, 0.6) is 0 Å². The molecule has 1 aliphatic heterocycles. The maximum Gasteiger partial charge on any atom is 0.261 e. The molecule has 0 aromatic carbocycles. The van der Waals surface area contributed by atoms with E-state index in [4.69, 9.17) is 4.74 Å². The summed E-state index contributed by atoms with van der Waals surface area (Å²) < 4.78 is 5.93. The minimum atomic E-state index is 0.0861. The van der Waals surface area contributed by atoms with Gasteiger partial charge in [0.15, 0.2) is 0 Å². The molecule has 0 bridgehead atoms. The van der Waals surface area contributed by atoms with Crippen molar-refractivity contribution in [3.63, 3.8) is 0 Å². The molecule has 2 rings (SSSR count). The fourth-order valence-corrected chi connectivity index (χ4v) is 4.36. The molecule has 1 fully saturated rings. The second-order valence-corrected chi connectivity index (χ2v) is 7.48. The number of aryl methyl sites for hydroxylation is 2. The number of nitrogens with one attached hydrogen (secondary N) is 1. The van der Waals surface area contributed by atoms with E-state index >= 15 is 0 Å². The molecule has 0 saturated carbocycles. The van der Waals surface area contributed by atoms with Crippen LogP contribution in [0.25, 0.3) is 0 Å². The molecule has 1 aliphatic rings. The van der Waals surface area contributed by atoms with Crippen LogP contribution >= 0.6 is 11.3 Å². The van der Waals surface area contributed by atoms with E-state index in [1.54, 1.807) is 11.3 Å². The number of rotatable bonds is 6. The van der Waals surface area contributed by atoms with Crippen LogP contribution in [-0.4, -0.2) is 24.7 Å². The quantitative estimate of drug-likeness (QED) is 0.846. The van der Waals surface area contributed by atoms with Gasteiger partial charge in [0.1, 0.15) is 0 Å². The van der Waals surface area contributed by atoms with Gasteiger partial charge in [-0.2, -0.15) is 0 Å². The van der Waals surface area contributed by atoms with Crippen LogP contribution in [-0.2, 0) is 11.2 Å². The lowest BCUT2D eigenvalue weighted by molar-refractivity contribution is -0.0337. The lowest BCUT2D eigenvalue weighted by Gasteiger charge is -2.34. The minimum Gasteiger partial charge on any atom is -0.378 e. The summed E-state index contributed by atoms with van der Waals surface area (Å²) in [5.74, 6) is 0.693. The maximum absolute atomic E-state index is 12.5. The lowest BCUT2D eigenvalue weighted by atomic mass is 9.89. The normalized spacial score (nSPS) is 22.0. The molecule has 0 unspecified atom stereocenters. The Morgan fingerprint density at radius 3 is 2.73 bits per heavy atom. The molecule has 4 heteroatoms. The summed E-state index contributed by atoms with van der Waals surface area (Å²) in [6.07, 6.45) is 5.45. The molecule has 1 aromatic heterocycles. The zero-order valence-electron chi connectivity index (χ0n) is 14.3.